The normalized spacial score (nSPS) is 22.4. The van der Waals surface area contributed by atoms with Gasteiger partial charge in [0.1, 0.15) is 10.6 Å². The summed E-state index contributed by atoms with van der Waals surface area (Å²) in [5.41, 5.74) is 2.73. The summed E-state index contributed by atoms with van der Waals surface area (Å²) < 4.78 is 41.0. The van der Waals surface area contributed by atoms with E-state index in [1.807, 2.05) is 66.7 Å². The summed E-state index contributed by atoms with van der Waals surface area (Å²) in [6.45, 7) is 0. The lowest BCUT2D eigenvalue weighted by Gasteiger charge is -2.21. The van der Waals surface area contributed by atoms with E-state index in [2.05, 4.69) is 0 Å². The average molecular weight is 443 g/mol. The molecule has 0 N–H and O–H groups in total. The minimum absolute atomic E-state index is 0.178. The highest BCUT2D eigenvalue weighted by Gasteiger charge is 2.73. The minimum atomic E-state index is -3.73. The van der Waals surface area contributed by atoms with Gasteiger partial charge in [0.15, 0.2) is 9.84 Å². The van der Waals surface area contributed by atoms with Crippen molar-refractivity contribution in [3.05, 3.63) is 138 Å². The lowest BCUT2D eigenvalue weighted by molar-refractivity contribution is 0.569. The molecular weight excluding hydrogens is 419 g/mol. The van der Waals surface area contributed by atoms with Gasteiger partial charge in [0, 0.05) is 5.92 Å². The van der Waals surface area contributed by atoms with E-state index in [0.29, 0.717) is 11.3 Å². The first-order chi connectivity index (χ1) is 15.5. The summed E-state index contributed by atoms with van der Waals surface area (Å²) in [6.07, 6.45) is 0.542. The van der Waals surface area contributed by atoms with Gasteiger partial charge in [0.05, 0.1) is 4.90 Å². The van der Waals surface area contributed by atoms with Crippen LogP contribution in [0.4, 0.5) is 4.39 Å². The van der Waals surface area contributed by atoms with Crippen LogP contribution in [0, 0.1) is 11.7 Å². The molecule has 0 amide bonds. The summed E-state index contributed by atoms with van der Waals surface area (Å²) in [5.74, 6) is -0.681. The molecule has 32 heavy (non-hydrogen) atoms. The second kappa shape index (κ2) is 8.03. The predicted molar refractivity (Wildman–Crippen MR) is 125 cm³/mol. The van der Waals surface area contributed by atoms with Crippen LogP contribution in [-0.2, 0) is 21.0 Å². The van der Waals surface area contributed by atoms with Crippen LogP contribution in [0.15, 0.2) is 120 Å². The van der Waals surface area contributed by atoms with Crippen LogP contribution in [0.1, 0.15) is 22.6 Å². The summed E-state index contributed by atoms with van der Waals surface area (Å²) in [6, 6.07) is 34.5. The number of sulfone groups is 1. The Kier molecular flexibility index (Phi) is 5.18. The van der Waals surface area contributed by atoms with E-state index in [9.17, 15) is 12.8 Å². The number of benzene rings is 4. The first-order valence-electron chi connectivity index (χ1n) is 10.7. The molecule has 0 bridgehead atoms. The highest BCUT2D eigenvalue weighted by molar-refractivity contribution is 7.92. The molecule has 0 aliphatic heterocycles. The fourth-order valence-corrected chi connectivity index (χ4v) is 7.66. The summed E-state index contributed by atoms with van der Waals surface area (Å²) in [5, 5.41) is 0. The zero-order valence-electron chi connectivity index (χ0n) is 17.4. The molecule has 2 nitrogen and oxygen atoms in total. The van der Waals surface area contributed by atoms with Crippen LogP contribution in [0.3, 0.4) is 0 Å². The Labute approximate surface area is 188 Å². The van der Waals surface area contributed by atoms with Crippen LogP contribution in [-0.4, -0.2) is 8.42 Å². The molecule has 3 atom stereocenters. The van der Waals surface area contributed by atoms with Crippen molar-refractivity contribution in [3.63, 3.8) is 0 Å². The molecule has 1 aliphatic carbocycles. The van der Waals surface area contributed by atoms with Crippen molar-refractivity contribution in [2.45, 2.75) is 22.0 Å². The molecule has 4 aromatic rings. The van der Waals surface area contributed by atoms with Crippen LogP contribution < -0.4 is 0 Å². The zero-order valence-corrected chi connectivity index (χ0v) is 18.3. The molecule has 4 heteroatoms. The third-order valence-corrected chi connectivity index (χ3v) is 9.13. The predicted octanol–water partition coefficient (Wildman–Crippen LogP) is 6.15. The third-order valence-electron chi connectivity index (χ3n) is 6.56. The fraction of sp³-hybridized carbons (Fsp3) is 0.143. The summed E-state index contributed by atoms with van der Waals surface area (Å²) in [7, 11) is -3.73. The van der Waals surface area contributed by atoms with Crippen molar-refractivity contribution in [3.8, 4) is 0 Å². The van der Waals surface area contributed by atoms with Gasteiger partial charge in [-0.2, -0.15) is 0 Å². The minimum Gasteiger partial charge on any atom is -0.223 e. The standard InChI is InChI=1S/C28H23FO2S/c29-24-18-16-21(17-19-24)20-26-27(22-10-4-1-5-11-22)28(26,23-12-6-2-7-13-23)32(30,31)25-14-8-3-9-15-25/h1-19,26-27H,20H2/t26-,27-,28-/m0/s1. The lowest BCUT2D eigenvalue weighted by atomic mass is 10.0. The molecule has 160 valence electrons. The monoisotopic (exact) mass is 442 g/mol. The van der Waals surface area contributed by atoms with E-state index >= 15 is 0 Å². The lowest BCUT2D eigenvalue weighted by Crippen LogP contribution is -2.25. The Morgan fingerprint density at radius 2 is 1.22 bits per heavy atom. The maximum Gasteiger partial charge on any atom is 0.189 e. The molecule has 0 saturated heterocycles. The van der Waals surface area contributed by atoms with Crippen molar-refractivity contribution in [1.82, 2.24) is 0 Å². The molecule has 1 aliphatic rings. The van der Waals surface area contributed by atoms with E-state index in [1.165, 1.54) is 12.1 Å². The smallest absolute Gasteiger partial charge is 0.189 e. The van der Waals surface area contributed by atoms with E-state index in [1.54, 1.807) is 36.4 Å². The quantitative estimate of drug-likeness (QED) is 0.359. The highest BCUT2D eigenvalue weighted by Crippen LogP contribution is 2.70. The summed E-state index contributed by atoms with van der Waals surface area (Å²) in [4.78, 5) is 0.325. The van der Waals surface area contributed by atoms with Crippen molar-refractivity contribution in [2.24, 2.45) is 5.92 Å². The van der Waals surface area contributed by atoms with E-state index in [0.717, 1.165) is 16.7 Å². The second-order valence-electron chi connectivity index (χ2n) is 8.30. The molecular formula is C28H23FO2S. The number of hydrogen-bond donors (Lipinski definition) is 0. The molecule has 4 aromatic carbocycles. The Bertz CT molecular complexity index is 1300. The van der Waals surface area contributed by atoms with Gasteiger partial charge in [-0.25, -0.2) is 12.8 Å². The van der Waals surface area contributed by atoms with Crippen LogP contribution in [0.5, 0.6) is 0 Å². The maximum absolute atomic E-state index is 14.3. The molecule has 1 saturated carbocycles. The van der Waals surface area contributed by atoms with E-state index < -0.39 is 14.6 Å². The fourth-order valence-electron chi connectivity index (χ4n) is 5.13. The highest BCUT2D eigenvalue weighted by atomic mass is 32.2. The molecule has 0 aromatic heterocycles. The second-order valence-corrected chi connectivity index (χ2v) is 10.5. The van der Waals surface area contributed by atoms with Crippen molar-refractivity contribution in [1.29, 1.82) is 0 Å². The van der Waals surface area contributed by atoms with Crippen LogP contribution >= 0.6 is 0 Å². The largest absolute Gasteiger partial charge is 0.223 e. The SMILES string of the molecule is O=S(=O)(c1ccccc1)[C@@]1(c2ccccc2)[C@@H](Cc2ccc(F)cc2)[C@@H]1c1ccccc1. The zero-order chi connectivity index (χ0) is 22.2. The van der Waals surface area contributed by atoms with Crippen molar-refractivity contribution in [2.75, 3.05) is 0 Å². The van der Waals surface area contributed by atoms with Crippen LogP contribution in [0.2, 0.25) is 0 Å². The third kappa shape index (κ3) is 3.26. The first-order valence-corrected chi connectivity index (χ1v) is 12.2. The van der Waals surface area contributed by atoms with Crippen molar-refractivity contribution >= 4 is 9.84 Å². The molecule has 0 heterocycles. The van der Waals surface area contributed by atoms with Gasteiger partial charge in [0.2, 0.25) is 0 Å². The molecule has 0 spiro atoms. The van der Waals surface area contributed by atoms with Gasteiger partial charge < -0.3 is 0 Å². The van der Waals surface area contributed by atoms with E-state index in [4.69, 9.17) is 0 Å². The number of halogens is 1. The number of rotatable bonds is 6. The van der Waals surface area contributed by atoms with E-state index in [-0.39, 0.29) is 17.7 Å². The molecule has 0 radical (unpaired) electrons. The van der Waals surface area contributed by atoms with Crippen LogP contribution in [0.25, 0.3) is 0 Å². The summed E-state index contributed by atoms with van der Waals surface area (Å²) >= 11 is 0. The Balaban J connectivity index is 1.72. The van der Waals surface area contributed by atoms with Gasteiger partial charge in [-0.3, -0.25) is 0 Å². The Morgan fingerprint density at radius 1 is 0.688 bits per heavy atom. The topological polar surface area (TPSA) is 34.1 Å². The number of hydrogen-bond acceptors (Lipinski definition) is 2. The first kappa shape index (κ1) is 20.7. The Hall–Kier alpha value is -3.24. The van der Waals surface area contributed by atoms with Gasteiger partial charge in [-0.05, 0) is 53.3 Å². The van der Waals surface area contributed by atoms with Gasteiger partial charge in [0.25, 0.3) is 0 Å². The molecule has 1 fully saturated rings. The average Bonchev–Trinajstić information content (AvgIpc) is 3.52. The Morgan fingerprint density at radius 3 is 1.81 bits per heavy atom. The van der Waals surface area contributed by atoms with Gasteiger partial charge >= 0.3 is 0 Å². The van der Waals surface area contributed by atoms with Gasteiger partial charge in [-0.15, -0.1) is 0 Å². The van der Waals surface area contributed by atoms with Gasteiger partial charge in [-0.1, -0.05) is 91.0 Å². The molecule has 5 rings (SSSR count). The molecule has 0 unspecified atom stereocenters. The van der Waals surface area contributed by atoms with Crippen molar-refractivity contribution < 1.29 is 12.8 Å². The maximum atomic E-state index is 14.3.